The first-order valence-electron chi connectivity index (χ1n) is 7.21. The van der Waals surface area contributed by atoms with Crippen LogP contribution >= 0.6 is 0 Å². The van der Waals surface area contributed by atoms with E-state index < -0.39 is 0 Å². The third-order valence-electron chi connectivity index (χ3n) is 4.21. The Kier molecular flexibility index (Phi) is 4.83. The zero-order valence-corrected chi connectivity index (χ0v) is 11.0. The number of hydrogen-bond acceptors (Lipinski definition) is 3. The number of carbonyl (C=O) groups excluding carboxylic acids is 1. The van der Waals surface area contributed by atoms with Gasteiger partial charge in [0.25, 0.3) is 0 Å². The molecule has 2 amide bonds. The molecule has 0 radical (unpaired) electrons. The average molecular weight is 254 g/mol. The van der Waals surface area contributed by atoms with Crippen molar-refractivity contribution in [3.8, 4) is 0 Å². The summed E-state index contributed by atoms with van der Waals surface area (Å²) in [6, 6.07) is 1.24. The van der Waals surface area contributed by atoms with Gasteiger partial charge in [-0.2, -0.15) is 0 Å². The van der Waals surface area contributed by atoms with Crippen LogP contribution in [-0.4, -0.2) is 30.2 Å². The fourth-order valence-corrected chi connectivity index (χ4v) is 2.94. The minimum Gasteiger partial charge on any atom is -0.335 e. The number of carbonyl (C=O) groups is 1. The number of nitrogens with one attached hydrogen (secondary N) is 2. The molecule has 104 valence electrons. The molecule has 0 saturated heterocycles. The number of nitrogens with two attached hydrogens (primary N) is 2. The normalized spacial score (nSPS) is 37.0. The van der Waals surface area contributed by atoms with Crippen LogP contribution in [0.3, 0.4) is 0 Å². The molecule has 0 spiro atoms. The SMILES string of the molecule is N[C@H]1CC[C@@H](NC(=O)N[C@H]2CC[C@@H](N)CC2)CC1. The summed E-state index contributed by atoms with van der Waals surface area (Å²) in [6.45, 7) is 0. The summed E-state index contributed by atoms with van der Waals surface area (Å²) in [4.78, 5) is 11.9. The van der Waals surface area contributed by atoms with Crippen LogP contribution < -0.4 is 22.1 Å². The van der Waals surface area contributed by atoms with Gasteiger partial charge >= 0.3 is 6.03 Å². The van der Waals surface area contributed by atoms with Gasteiger partial charge in [0.2, 0.25) is 0 Å². The smallest absolute Gasteiger partial charge is 0.315 e. The summed E-state index contributed by atoms with van der Waals surface area (Å²) in [7, 11) is 0. The molecule has 0 heterocycles. The van der Waals surface area contributed by atoms with E-state index in [1.165, 1.54) is 0 Å². The Morgan fingerprint density at radius 2 is 1.06 bits per heavy atom. The van der Waals surface area contributed by atoms with Crippen molar-refractivity contribution in [2.24, 2.45) is 11.5 Å². The summed E-state index contributed by atoms with van der Waals surface area (Å²) < 4.78 is 0. The van der Waals surface area contributed by atoms with E-state index in [1.807, 2.05) is 0 Å². The molecule has 0 atom stereocenters. The fraction of sp³-hybridized carbons (Fsp3) is 0.923. The second kappa shape index (κ2) is 6.38. The Morgan fingerprint density at radius 1 is 0.722 bits per heavy atom. The highest BCUT2D eigenvalue weighted by Gasteiger charge is 2.23. The van der Waals surface area contributed by atoms with Crippen molar-refractivity contribution in [2.75, 3.05) is 0 Å². The third-order valence-corrected chi connectivity index (χ3v) is 4.21. The molecule has 0 aliphatic heterocycles. The molecule has 0 aromatic heterocycles. The van der Waals surface area contributed by atoms with Crippen LogP contribution in [0.5, 0.6) is 0 Å². The van der Waals surface area contributed by atoms with Crippen LogP contribution in [0.2, 0.25) is 0 Å². The standard InChI is InChI=1S/C13H26N4O/c14-9-1-5-11(6-2-9)16-13(18)17-12-7-3-10(15)4-8-12/h9-12H,1-8,14-15H2,(H2,16,17,18)/t9-,10-,11+,12+. The molecule has 5 heteroatoms. The van der Waals surface area contributed by atoms with Crippen molar-refractivity contribution in [2.45, 2.75) is 75.5 Å². The Labute approximate surface area is 109 Å². The van der Waals surface area contributed by atoms with E-state index in [1.54, 1.807) is 0 Å². The lowest BCUT2D eigenvalue weighted by molar-refractivity contribution is 0.222. The number of amides is 2. The van der Waals surface area contributed by atoms with Crippen LogP contribution in [0, 0.1) is 0 Å². The van der Waals surface area contributed by atoms with Gasteiger partial charge < -0.3 is 22.1 Å². The topological polar surface area (TPSA) is 93.2 Å². The minimum atomic E-state index is -0.0176. The summed E-state index contributed by atoms with van der Waals surface area (Å²) in [5.41, 5.74) is 11.7. The number of rotatable bonds is 2. The Hall–Kier alpha value is -0.810. The van der Waals surface area contributed by atoms with Crippen LogP contribution in [0.1, 0.15) is 51.4 Å². The molecule has 2 fully saturated rings. The van der Waals surface area contributed by atoms with Crippen molar-refractivity contribution in [1.29, 1.82) is 0 Å². The molecular weight excluding hydrogens is 228 g/mol. The molecule has 2 aliphatic carbocycles. The van der Waals surface area contributed by atoms with E-state index in [-0.39, 0.29) is 6.03 Å². The van der Waals surface area contributed by atoms with E-state index in [9.17, 15) is 4.79 Å². The largest absolute Gasteiger partial charge is 0.335 e. The molecule has 6 N–H and O–H groups in total. The summed E-state index contributed by atoms with van der Waals surface area (Å²) >= 11 is 0. The van der Waals surface area contributed by atoms with Crippen molar-refractivity contribution < 1.29 is 4.79 Å². The van der Waals surface area contributed by atoms with Crippen LogP contribution in [0.4, 0.5) is 4.79 Å². The van der Waals surface area contributed by atoms with Gasteiger partial charge in [-0.25, -0.2) is 4.79 Å². The number of urea groups is 1. The van der Waals surface area contributed by atoms with E-state index >= 15 is 0 Å². The van der Waals surface area contributed by atoms with E-state index in [4.69, 9.17) is 11.5 Å². The molecule has 2 aliphatic rings. The molecular formula is C13H26N4O. The van der Waals surface area contributed by atoms with Crippen molar-refractivity contribution >= 4 is 6.03 Å². The van der Waals surface area contributed by atoms with Gasteiger partial charge in [0.05, 0.1) is 0 Å². The maximum Gasteiger partial charge on any atom is 0.315 e. The van der Waals surface area contributed by atoms with Gasteiger partial charge in [0.1, 0.15) is 0 Å². The van der Waals surface area contributed by atoms with Crippen LogP contribution in [-0.2, 0) is 0 Å². The summed E-state index contributed by atoms with van der Waals surface area (Å²) in [5, 5.41) is 6.12. The van der Waals surface area contributed by atoms with E-state index in [0.29, 0.717) is 24.2 Å². The van der Waals surface area contributed by atoms with E-state index in [0.717, 1.165) is 51.4 Å². The minimum absolute atomic E-state index is 0.0176. The predicted molar refractivity (Wildman–Crippen MR) is 72.1 cm³/mol. The van der Waals surface area contributed by atoms with Crippen LogP contribution in [0.25, 0.3) is 0 Å². The lowest BCUT2D eigenvalue weighted by atomic mass is 9.91. The maximum atomic E-state index is 11.9. The summed E-state index contributed by atoms with van der Waals surface area (Å²) in [5.74, 6) is 0. The van der Waals surface area contributed by atoms with Gasteiger partial charge in [-0.3, -0.25) is 0 Å². The van der Waals surface area contributed by atoms with E-state index in [2.05, 4.69) is 10.6 Å². The predicted octanol–water partition coefficient (Wildman–Crippen LogP) is 0.825. The third kappa shape index (κ3) is 4.14. The van der Waals surface area contributed by atoms with Crippen molar-refractivity contribution in [3.05, 3.63) is 0 Å². The van der Waals surface area contributed by atoms with Gasteiger partial charge in [0, 0.05) is 24.2 Å². The quantitative estimate of drug-likeness (QED) is 0.588. The Bertz CT molecular complexity index is 242. The van der Waals surface area contributed by atoms with Gasteiger partial charge in [-0.05, 0) is 51.4 Å². The monoisotopic (exact) mass is 254 g/mol. The first kappa shape index (κ1) is 13.6. The lowest BCUT2D eigenvalue weighted by Crippen LogP contribution is -2.49. The zero-order valence-electron chi connectivity index (χ0n) is 11.0. The Morgan fingerprint density at radius 3 is 1.39 bits per heavy atom. The zero-order chi connectivity index (χ0) is 13.0. The van der Waals surface area contributed by atoms with Gasteiger partial charge in [0.15, 0.2) is 0 Å². The number of hydrogen-bond donors (Lipinski definition) is 4. The highest BCUT2D eigenvalue weighted by Crippen LogP contribution is 2.18. The average Bonchev–Trinajstić information content (AvgIpc) is 2.35. The van der Waals surface area contributed by atoms with Gasteiger partial charge in [-0.15, -0.1) is 0 Å². The highest BCUT2D eigenvalue weighted by atomic mass is 16.2. The second-order valence-corrected chi connectivity index (χ2v) is 5.84. The molecule has 2 saturated carbocycles. The molecule has 5 nitrogen and oxygen atoms in total. The molecule has 0 bridgehead atoms. The molecule has 2 rings (SSSR count). The van der Waals surface area contributed by atoms with Crippen LogP contribution in [0.15, 0.2) is 0 Å². The molecule has 0 aromatic carbocycles. The maximum absolute atomic E-state index is 11.9. The molecule has 0 unspecified atom stereocenters. The van der Waals surface area contributed by atoms with Crippen molar-refractivity contribution in [1.82, 2.24) is 10.6 Å². The van der Waals surface area contributed by atoms with Gasteiger partial charge in [-0.1, -0.05) is 0 Å². The Balaban J connectivity index is 1.66. The second-order valence-electron chi connectivity index (χ2n) is 5.84. The van der Waals surface area contributed by atoms with Crippen molar-refractivity contribution in [3.63, 3.8) is 0 Å². The lowest BCUT2D eigenvalue weighted by Gasteiger charge is -2.30. The molecule has 0 aromatic rings. The summed E-state index contributed by atoms with van der Waals surface area (Å²) in [6.07, 6.45) is 8.08. The highest BCUT2D eigenvalue weighted by molar-refractivity contribution is 5.74. The first-order chi connectivity index (χ1) is 8.63. The molecule has 18 heavy (non-hydrogen) atoms. The first-order valence-corrected chi connectivity index (χ1v) is 7.21. The fourth-order valence-electron chi connectivity index (χ4n) is 2.94.